The number of aryl methyl sites for hydroxylation is 2. The van der Waals surface area contributed by atoms with Gasteiger partial charge in [0.15, 0.2) is 6.10 Å². The molecule has 1 aliphatic carbocycles. The Morgan fingerprint density at radius 1 is 1.12 bits per heavy atom. The van der Waals surface area contributed by atoms with E-state index in [2.05, 4.69) is 12.1 Å². The van der Waals surface area contributed by atoms with Crippen LogP contribution in [0.25, 0.3) is 0 Å². The van der Waals surface area contributed by atoms with Crippen LogP contribution in [0.3, 0.4) is 0 Å². The molecule has 3 rings (SSSR count). The van der Waals surface area contributed by atoms with Gasteiger partial charge in [0.2, 0.25) is 0 Å². The van der Waals surface area contributed by atoms with Crippen molar-refractivity contribution in [1.29, 1.82) is 0 Å². The van der Waals surface area contributed by atoms with E-state index < -0.39 is 6.10 Å². The van der Waals surface area contributed by atoms with E-state index in [0.29, 0.717) is 11.6 Å². The van der Waals surface area contributed by atoms with Crippen molar-refractivity contribution < 1.29 is 9.53 Å². The second-order valence-electron chi connectivity index (χ2n) is 6.72. The number of hydrogen-bond acceptors (Lipinski definition) is 2. The molecule has 2 aromatic rings. The largest absolute Gasteiger partial charge is 0.481 e. The highest BCUT2D eigenvalue weighted by molar-refractivity contribution is 6.30. The Hall–Kier alpha value is -2.00. The number of fused-ring (bicyclic) bond motifs is 1. The van der Waals surface area contributed by atoms with Gasteiger partial charge in [0.25, 0.3) is 5.91 Å². The molecule has 0 radical (unpaired) electrons. The number of carbonyl (C=O) groups excluding carboxylic acids is 1. The Morgan fingerprint density at radius 3 is 2.52 bits per heavy atom. The molecule has 0 saturated carbocycles. The van der Waals surface area contributed by atoms with Gasteiger partial charge < -0.3 is 9.64 Å². The predicted molar refractivity (Wildman–Crippen MR) is 101 cm³/mol. The maximum Gasteiger partial charge on any atom is 0.263 e. The molecule has 1 aliphatic rings. The summed E-state index contributed by atoms with van der Waals surface area (Å²) < 4.78 is 5.91. The van der Waals surface area contributed by atoms with Crippen molar-refractivity contribution in [2.45, 2.75) is 45.3 Å². The number of ether oxygens (including phenoxy) is 1. The average Bonchev–Trinajstić information content (AvgIpc) is 2.62. The van der Waals surface area contributed by atoms with E-state index in [-0.39, 0.29) is 5.91 Å². The van der Waals surface area contributed by atoms with Crippen LogP contribution in [-0.2, 0) is 24.2 Å². The minimum absolute atomic E-state index is 0.0346. The molecule has 2 aromatic carbocycles. The van der Waals surface area contributed by atoms with Crippen LogP contribution in [0.1, 0.15) is 36.5 Å². The number of nitrogens with zero attached hydrogens (tertiary/aromatic N) is 1. The maximum atomic E-state index is 12.6. The number of carbonyl (C=O) groups is 1. The van der Waals surface area contributed by atoms with Crippen LogP contribution in [0.2, 0.25) is 5.02 Å². The molecule has 25 heavy (non-hydrogen) atoms. The van der Waals surface area contributed by atoms with Gasteiger partial charge in [-0.05, 0) is 73.6 Å². The van der Waals surface area contributed by atoms with Crippen LogP contribution in [0.5, 0.6) is 5.75 Å². The smallest absolute Gasteiger partial charge is 0.263 e. The number of rotatable bonds is 5. The highest BCUT2D eigenvalue weighted by Crippen LogP contribution is 2.26. The van der Waals surface area contributed by atoms with Crippen molar-refractivity contribution in [3.8, 4) is 5.75 Å². The summed E-state index contributed by atoms with van der Waals surface area (Å²) in [6.45, 7) is 2.34. The van der Waals surface area contributed by atoms with Gasteiger partial charge in [-0.15, -0.1) is 0 Å². The fourth-order valence-electron chi connectivity index (χ4n) is 3.29. The highest BCUT2D eigenvalue weighted by atomic mass is 35.5. The molecule has 0 N–H and O–H groups in total. The molecule has 0 saturated heterocycles. The van der Waals surface area contributed by atoms with Crippen LogP contribution in [-0.4, -0.2) is 24.0 Å². The molecular weight excluding hydrogens is 334 g/mol. The SMILES string of the molecule is CC(Oc1ccc2c(c1)CCCC2)C(=O)N(C)Cc1ccc(Cl)cc1. The van der Waals surface area contributed by atoms with Crippen molar-refractivity contribution in [2.24, 2.45) is 0 Å². The Balaban J connectivity index is 1.60. The lowest BCUT2D eigenvalue weighted by molar-refractivity contribution is -0.137. The average molecular weight is 358 g/mol. The van der Waals surface area contributed by atoms with Crippen LogP contribution in [0, 0.1) is 0 Å². The summed E-state index contributed by atoms with van der Waals surface area (Å²) in [7, 11) is 1.80. The van der Waals surface area contributed by atoms with Crippen LogP contribution in [0.15, 0.2) is 42.5 Å². The molecule has 0 spiro atoms. The third-order valence-corrected chi connectivity index (χ3v) is 4.94. The number of likely N-dealkylation sites (N-methyl/N-ethyl adjacent to an activating group) is 1. The molecule has 0 bridgehead atoms. The van der Waals surface area contributed by atoms with Gasteiger partial charge in [-0.25, -0.2) is 0 Å². The predicted octanol–water partition coefficient (Wildman–Crippen LogP) is 4.64. The third kappa shape index (κ3) is 4.55. The first-order valence-electron chi connectivity index (χ1n) is 8.81. The molecule has 4 heteroatoms. The van der Waals surface area contributed by atoms with Crippen molar-refractivity contribution in [1.82, 2.24) is 4.90 Å². The molecule has 0 heterocycles. The molecule has 0 fully saturated rings. The van der Waals surface area contributed by atoms with Crippen LogP contribution in [0.4, 0.5) is 0 Å². The summed E-state index contributed by atoms with van der Waals surface area (Å²) in [6, 6.07) is 13.7. The maximum absolute atomic E-state index is 12.6. The summed E-state index contributed by atoms with van der Waals surface area (Å²) in [5.41, 5.74) is 3.82. The fraction of sp³-hybridized carbons (Fsp3) is 0.381. The van der Waals surface area contributed by atoms with E-state index in [1.165, 1.54) is 24.0 Å². The van der Waals surface area contributed by atoms with Gasteiger partial charge in [0.05, 0.1) is 0 Å². The van der Waals surface area contributed by atoms with Gasteiger partial charge in [0.1, 0.15) is 5.75 Å². The molecule has 1 unspecified atom stereocenters. The second-order valence-corrected chi connectivity index (χ2v) is 7.15. The van der Waals surface area contributed by atoms with Crippen LogP contribution < -0.4 is 4.74 Å². The molecule has 0 aliphatic heterocycles. The number of benzene rings is 2. The minimum Gasteiger partial charge on any atom is -0.481 e. The number of amides is 1. The Morgan fingerprint density at radius 2 is 1.80 bits per heavy atom. The van der Waals surface area contributed by atoms with E-state index in [1.807, 2.05) is 30.3 Å². The molecule has 3 nitrogen and oxygen atoms in total. The summed E-state index contributed by atoms with van der Waals surface area (Å²) >= 11 is 5.90. The summed E-state index contributed by atoms with van der Waals surface area (Å²) in [4.78, 5) is 14.3. The zero-order valence-corrected chi connectivity index (χ0v) is 15.6. The van der Waals surface area contributed by atoms with E-state index in [0.717, 1.165) is 24.2 Å². The first-order chi connectivity index (χ1) is 12.0. The Labute approximate surface area is 154 Å². The lowest BCUT2D eigenvalue weighted by Crippen LogP contribution is -2.37. The third-order valence-electron chi connectivity index (χ3n) is 4.69. The second kappa shape index (κ2) is 7.92. The molecular formula is C21H24ClNO2. The zero-order chi connectivity index (χ0) is 17.8. The summed E-state index contributed by atoms with van der Waals surface area (Å²) in [5.74, 6) is 0.745. The normalized spacial score (nSPS) is 14.5. The highest BCUT2D eigenvalue weighted by Gasteiger charge is 2.20. The molecule has 1 atom stereocenters. The van der Waals surface area contributed by atoms with Gasteiger partial charge in [0, 0.05) is 18.6 Å². The quantitative estimate of drug-likeness (QED) is 0.779. The minimum atomic E-state index is -0.515. The standard InChI is InChI=1S/C21H24ClNO2/c1-15(21(24)23(2)14-16-7-10-19(22)11-8-16)25-20-12-9-17-5-3-4-6-18(17)13-20/h7-13,15H,3-6,14H2,1-2H3. The fourth-order valence-corrected chi connectivity index (χ4v) is 3.42. The van der Waals surface area contributed by atoms with Crippen LogP contribution >= 0.6 is 11.6 Å². The van der Waals surface area contributed by atoms with E-state index in [4.69, 9.17) is 16.3 Å². The van der Waals surface area contributed by atoms with Gasteiger partial charge in [-0.1, -0.05) is 29.8 Å². The lowest BCUT2D eigenvalue weighted by Gasteiger charge is -2.23. The van der Waals surface area contributed by atoms with Gasteiger partial charge >= 0.3 is 0 Å². The van der Waals surface area contributed by atoms with Crippen molar-refractivity contribution in [3.63, 3.8) is 0 Å². The molecule has 0 aromatic heterocycles. The van der Waals surface area contributed by atoms with E-state index >= 15 is 0 Å². The summed E-state index contributed by atoms with van der Waals surface area (Å²) in [5, 5.41) is 0.696. The topological polar surface area (TPSA) is 29.5 Å². The van der Waals surface area contributed by atoms with Gasteiger partial charge in [-0.2, -0.15) is 0 Å². The first kappa shape index (κ1) is 17.8. The number of halogens is 1. The summed E-state index contributed by atoms with van der Waals surface area (Å²) in [6.07, 6.45) is 4.23. The lowest BCUT2D eigenvalue weighted by atomic mass is 9.92. The Bertz CT molecular complexity index is 742. The van der Waals surface area contributed by atoms with E-state index in [9.17, 15) is 4.79 Å². The van der Waals surface area contributed by atoms with Crippen molar-refractivity contribution in [3.05, 3.63) is 64.2 Å². The number of hydrogen-bond donors (Lipinski definition) is 0. The molecule has 1 amide bonds. The monoisotopic (exact) mass is 357 g/mol. The van der Waals surface area contributed by atoms with Crippen molar-refractivity contribution in [2.75, 3.05) is 7.05 Å². The van der Waals surface area contributed by atoms with Crippen molar-refractivity contribution >= 4 is 17.5 Å². The Kier molecular flexibility index (Phi) is 5.64. The van der Waals surface area contributed by atoms with E-state index in [1.54, 1.807) is 18.9 Å². The zero-order valence-electron chi connectivity index (χ0n) is 14.8. The molecule has 132 valence electrons. The first-order valence-corrected chi connectivity index (χ1v) is 9.18. The van der Waals surface area contributed by atoms with Gasteiger partial charge in [-0.3, -0.25) is 4.79 Å².